The second-order valence-electron chi connectivity index (χ2n) is 1.76. The quantitative estimate of drug-likeness (QED) is 0.452. The van der Waals surface area contributed by atoms with Gasteiger partial charge in [-0.25, -0.2) is 0 Å². The molecule has 1 rings (SSSR count). The van der Waals surface area contributed by atoms with Crippen LogP contribution < -0.4 is 0 Å². The second-order valence-corrected chi connectivity index (χ2v) is 1.76. The molecule has 0 aromatic carbocycles. The van der Waals surface area contributed by atoms with Crippen LogP contribution >= 0.6 is 0 Å². The van der Waals surface area contributed by atoms with Gasteiger partial charge in [0.15, 0.2) is 0 Å². The van der Waals surface area contributed by atoms with Crippen LogP contribution in [-0.2, 0) is 6.54 Å². The lowest BCUT2D eigenvalue weighted by atomic mass is 10.6. The molecule has 10 heavy (non-hydrogen) atoms. The van der Waals surface area contributed by atoms with E-state index in [1.165, 1.54) is 16.9 Å². The fourth-order valence-electron chi connectivity index (χ4n) is 0.724. The fraction of sp³-hybridized carbons (Fsp3) is 0.400. The molecule has 0 radical (unpaired) electrons. The minimum atomic E-state index is -0.448. The van der Waals surface area contributed by atoms with Crippen molar-refractivity contribution in [1.29, 1.82) is 0 Å². The largest absolute Gasteiger partial charge is 0.358 e. The molecular formula is C5H7N3O2. The van der Waals surface area contributed by atoms with E-state index in [1.807, 2.05) is 0 Å². The first-order chi connectivity index (χ1) is 4.75. The molecule has 0 N–H and O–H groups in total. The van der Waals surface area contributed by atoms with Gasteiger partial charge in [-0.2, -0.15) is 0 Å². The van der Waals surface area contributed by atoms with E-state index in [0.29, 0.717) is 6.54 Å². The van der Waals surface area contributed by atoms with Crippen molar-refractivity contribution in [2.24, 2.45) is 0 Å². The van der Waals surface area contributed by atoms with Crippen molar-refractivity contribution in [3.8, 4) is 0 Å². The molecule has 0 unspecified atom stereocenters. The third-order valence-corrected chi connectivity index (χ3v) is 1.18. The average molecular weight is 141 g/mol. The summed E-state index contributed by atoms with van der Waals surface area (Å²) in [5, 5.41) is 13.9. The highest BCUT2D eigenvalue weighted by molar-refractivity contribution is 5.15. The number of aryl methyl sites for hydroxylation is 1. The Labute approximate surface area is 57.4 Å². The van der Waals surface area contributed by atoms with Crippen molar-refractivity contribution in [3.05, 3.63) is 22.4 Å². The van der Waals surface area contributed by atoms with Crippen molar-refractivity contribution in [1.82, 2.24) is 9.78 Å². The lowest BCUT2D eigenvalue weighted by molar-refractivity contribution is -0.392. The van der Waals surface area contributed by atoms with Crippen LogP contribution in [0.3, 0.4) is 0 Å². The van der Waals surface area contributed by atoms with Gasteiger partial charge in [0.1, 0.15) is 6.54 Å². The van der Waals surface area contributed by atoms with E-state index in [2.05, 4.69) is 5.10 Å². The topological polar surface area (TPSA) is 61.0 Å². The van der Waals surface area contributed by atoms with Crippen LogP contribution in [0.5, 0.6) is 0 Å². The molecule has 0 aliphatic rings. The second kappa shape index (κ2) is 2.47. The molecule has 0 spiro atoms. The smallest absolute Gasteiger partial charge is 0.344 e. The maximum atomic E-state index is 10.2. The monoisotopic (exact) mass is 141 g/mol. The lowest BCUT2D eigenvalue weighted by Gasteiger charge is -1.92. The molecule has 0 saturated heterocycles. The molecule has 0 aliphatic carbocycles. The molecule has 5 nitrogen and oxygen atoms in total. The van der Waals surface area contributed by atoms with Crippen LogP contribution in [-0.4, -0.2) is 14.7 Å². The Balaban J connectivity index is 3.01. The van der Waals surface area contributed by atoms with Crippen LogP contribution in [0.15, 0.2) is 12.3 Å². The van der Waals surface area contributed by atoms with Crippen LogP contribution in [0.1, 0.15) is 6.92 Å². The minimum Gasteiger partial charge on any atom is -0.358 e. The van der Waals surface area contributed by atoms with Gasteiger partial charge in [0.2, 0.25) is 0 Å². The number of hydrogen-bond donors (Lipinski definition) is 0. The summed E-state index contributed by atoms with van der Waals surface area (Å²) in [5.41, 5.74) is 0. The Morgan fingerprint density at radius 3 is 3.00 bits per heavy atom. The summed E-state index contributed by atoms with van der Waals surface area (Å²) in [6.45, 7) is 2.34. The minimum absolute atomic E-state index is 0.0440. The van der Waals surface area contributed by atoms with Gasteiger partial charge in [-0.15, -0.1) is 4.68 Å². The standard InChI is InChI=1S/C5H7N3O2/c1-2-7-5(8(9)10)3-4-6-7/h3-4H,2H2,1H3. The molecule has 0 fully saturated rings. The van der Waals surface area contributed by atoms with Crippen LogP contribution in [0.2, 0.25) is 0 Å². The molecule has 0 amide bonds. The van der Waals surface area contributed by atoms with Crippen molar-refractivity contribution < 1.29 is 4.92 Å². The van der Waals surface area contributed by atoms with Gasteiger partial charge in [0.05, 0.1) is 12.3 Å². The third-order valence-electron chi connectivity index (χ3n) is 1.18. The normalized spacial score (nSPS) is 9.70. The van der Waals surface area contributed by atoms with E-state index in [0.717, 1.165) is 0 Å². The summed E-state index contributed by atoms with van der Waals surface area (Å²) >= 11 is 0. The van der Waals surface area contributed by atoms with E-state index in [-0.39, 0.29) is 5.82 Å². The summed E-state index contributed by atoms with van der Waals surface area (Å²) in [4.78, 5) is 9.74. The highest BCUT2D eigenvalue weighted by atomic mass is 16.6. The zero-order valence-electron chi connectivity index (χ0n) is 5.52. The average Bonchev–Trinajstić information content (AvgIpc) is 2.33. The Morgan fingerprint density at radius 2 is 2.60 bits per heavy atom. The molecule has 0 aliphatic heterocycles. The summed E-state index contributed by atoms with van der Waals surface area (Å²) in [6.07, 6.45) is 1.42. The van der Waals surface area contributed by atoms with Crippen LogP contribution in [0.25, 0.3) is 0 Å². The highest BCUT2D eigenvalue weighted by Crippen LogP contribution is 2.07. The van der Waals surface area contributed by atoms with Gasteiger partial charge >= 0.3 is 5.82 Å². The van der Waals surface area contributed by atoms with E-state index >= 15 is 0 Å². The predicted octanol–water partition coefficient (Wildman–Crippen LogP) is 0.811. The zero-order chi connectivity index (χ0) is 7.56. The van der Waals surface area contributed by atoms with Crippen LogP contribution in [0, 0.1) is 10.1 Å². The summed E-state index contributed by atoms with van der Waals surface area (Å²) in [7, 11) is 0. The molecule has 5 heteroatoms. The van der Waals surface area contributed by atoms with Crippen molar-refractivity contribution in [3.63, 3.8) is 0 Å². The van der Waals surface area contributed by atoms with Crippen molar-refractivity contribution in [2.45, 2.75) is 13.5 Å². The van der Waals surface area contributed by atoms with Crippen molar-refractivity contribution in [2.75, 3.05) is 0 Å². The molecule has 0 bridgehead atoms. The maximum absolute atomic E-state index is 10.2. The van der Waals surface area contributed by atoms with Crippen LogP contribution in [0.4, 0.5) is 5.82 Å². The Hall–Kier alpha value is -1.39. The number of rotatable bonds is 2. The van der Waals surface area contributed by atoms with Gasteiger partial charge in [0.25, 0.3) is 0 Å². The molecular weight excluding hydrogens is 134 g/mol. The molecule has 0 saturated carbocycles. The summed E-state index contributed by atoms with van der Waals surface area (Å²) in [6, 6.07) is 1.38. The Bertz CT molecular complexity index is 243. The summed E-state index contributed by atoms with van der Waals surface area (Å²) < 4.78 is 1.33. The van der Waals surface area contributed by atoms with Gasteiger partial charge < -0.3 is 10.1 Å². The van der Waals surface area contributed by atoms with E-state index in [1.54, 1.807) is 6.92 Å². The number of aromatic nitrogens is 2. The zero-order valence-corrected chi connectivity index (χ0v) is 5.52. The van der Waals surface area contributed by atoms with E-state index < -0.39 is 4.92 Å². The van der Waals surface area contributed by atoms with Gasteiger partial charge in [-0.1, -0.05) is 5.10 Å². The Kier molecular flexibility index (Phi) is 1.66. The molecule has 1 aromatic heterocycles. The van der Waals surface area contributed by atoms with Gasteiger partial charge in [-0.3, -0.25) is 0 Å². The number of nitro groups is 1. The molecule has 0 atom stereocenters. The Morgan fingerprint density at radius 1 is 1.90 bits per heavy atom. The fourth-order valence-corrected chi connectivity index (χ4v) is 0.724. The lowest BCUT2D eigenvalue weighted by Crippen LogP contribution is -2.01. The van der Waals surface area contributed by atoms with Gasteiger partial charge in [0, 0.05) is 0 Å². The first kappa shape index (κ1) is 6.73. The first-order valence-corrected chi connectivity index (χ1v) is 2.92. The highest BCUT2D eigenvalue weighted by Gasteiger charge is 2.09. The molecule has 1 heterocycles. The van der Waals surface area contributed by atoms with E-state index in [9.17, 15) is 10.1 Å². The number of hydrogen-bond acceptors (Lipinski definition) is 3. The first-order valence-electron chi connectivity index (χ1n) is 2.92. The summed E-state index contributed by atoms with van der Waals surface area (Å²) in [5.74, 6) is 0.0440. The molecule has 54 valence electrons. The van der Waals surface area contributed by atoms with Crippen molar-refractivity contribution >= 4 is 5.82 Å². The number of nitrogens with zero attached hydrogens (tertiary/aromatic N) is 3. The third kappa shape index (κ3) is 0.975. The predicted molar refractivity (Wildman–Crippen MR) is 34.6 cm³/mol. The molecule has 1 aromatic rings. The van der Waals surface area contributed by atoms with Gasteiger partial charge in [-0.05, 0) is 11.8 Å². The SMILES string of the molecule is CCn1nccc1[N+](=O)[O-]. The maximum Gasteiger partial charge on any atom is 0.344 e. The van der Waals surface area contributed by atoms with E-state index in [4.69, 9.17) is 0 Å².